The maximum atomic E-state index is 14.4. The van der Waals surface area contributed by atoms with Crippen LogP contribution < -0.4 is 4.90 Å². The fourth-order valence-electron chi connectivity index (χ4n) is 3.84. The summed E-state index contributed by atoms with van der Waals surface area (Å²) in [5, 5.41) is 16.0. The van der Waals surface area contributed by atoms with Crippen LogP contribution in [0.25, 0.3) is 16.6 Å². The average molecular weight is 502 g/mol. The molecule has 1 aromatic heterocycles. The van der Waals surface area contributed by atoms with Gasteiger partial charge < -0.3 is 10.0 Å². The van der Waals surface area contributed by atoms with Crippen molar-refractivity contribution in [2.75, 3.05) is 19.1 Å². The van der Waals surface area contributed by atoms with Crippen molar-refractivity contribution in [3.05, 3.63) is 102 Å². The van der Waals surface area contributed by atoms with E-state index in [4.69, 9.17) is 0 Å². The summed E-state index contributed by atoms with van der Waals surface area (Å²) in [6, 6.07) is 17.7. The number of aryl methyl sites for hydroxylation is 1. The Labute approximate surface area is 209 Å². The molecule has 0 amide bonds. The van der Waals surface area contributed by atoms with Gasteiger partial charge in [-0.25, -0.2) is 4.68 Å². The summed E-state index contributed by atoms with van der Waals surface area (Å²) in [6.07, 6.45) is -1.95. The van der Waals surface area contributed by atoms with Gasteiger partial charge in [-0.2, -0.15) is 18.3 Å². The van der Waals surface area contributed by atoms with E-state index in [-0.39, 0.29) is 11.1 Å². The third-order valence-corrected chi connectivity index (χ3v) is 5.68. The molecule has 1 atom stereocenters. The van der Waals surface area contributed by atoms with Gasteiger partial charge >= 0.3 is 6.18 Å². The normalized spacial score (nSPS) is 12.5. The maximum Gasteiger partial charge on any atom is 0.425 e. The minimum atomic E-state index is -4.95. The lowest BCUT2D eigenvalue weighted by Gasteiger charge is -2.32. The summed E-state index contributed by atoms with van der Waals surface area (Å²) >= 11 is 0. The van der Waals surface area contributed by atoms with E-state index in [9.17, 15) is 22.7 Å². The minimum absolute atomic E-state index is 0.269. The molecule has 1 N–H and O–H groups in total. The fraction of sp³-hybridized carbons (Fsp3) is 0.250. The van der Waals surface area contributed by atoms with Gasteiger partial charge in [-0.3, -0.25) is 4.39 Å². The number of para-hydroxylation sites is 1. The molecule has 1 heterocycles. The largest absolute Gasteiger partial charge is 0.425 e. The number of halogens is 4. The van der Waals surface area contributed by atoms with Crippen molar-refractivity contribution in [1.29, 1.82) is 0 Å². The zero-order valence-electron chi connectivity index (χ0n) is 21.0. The number of rotatable bonds is 5. The van der Waals surface area contributed by atoms with Gasteiger partial charge in [0.25, 0.3) is 0 Å². The first-order valence-electron chi connectivity index (χ1n) is 11.3. The quantitative estimate of drug-likeness (QED) is 0.291. The smallest absolute Gasteiger partial charge is 0.372 e. The maximum absolute atomic E-state index is 14.4. The Morgan fingerprint density at radius 2 is 1.53 bits per heavy atom. The van der Waals surface area contributed by atoms with Crippen molar-refractivity contribution in [3.63, 3.8) is 0 Å². The molecule has 0 saturated heterocycles. The SMILES string of the molecule is C=CN(C)c1cc(C(O)(c2ccc3c(cnn3-c3ccccc3)c2)C(F)(F)F)ccc1C.CC.CF. The highest BCUT2D eigenvalue weighted by Gasteiger charge is 2.56. The van der Waals surface area contributed by atoms with E-state index in [1.54, 1.807) is 35.7 Å². The summed E-state index contributed by atoms with van der Waals surface area (Å²) in [5.74, 6) is 0. The van der Waals surface area contributed by atoms with Crippen LogP contribution in [0.5, 0.6) is 0 Å². The Hall–Kier alpha value is -3.65. The average Bonchev–Trinajstić information content (AvgIpc) is 3.33. The Morgan fingerprint density at radius 3 is 2.11 bits per heavy atom. The first-order chi connectivity index (χ1) is 17.2. The lowest BCUT2D eigenvalue weighted by atomic mass is 9.84. The third-order valence-electron chi connectivity index (χ3n) is 5.68. The van der Waals surface area contributed by atoms with E-state index in [2.05, 4.69) is 11.7 Å². The predicted molar refractivity (Wildman–Crippen MR) is 138 cm³/mol. The molecule has 0 aliphatic carbocycles. The summed E-state index contributed by atoms with van der Waals surface area (Å²) in [6.45, 7) is 9.46. The van der Waals surface area contributed by atoms with Crippen LogP contribution in [0.1, 0.15) is 30.5 Å². The van der Waals surface area contributed by atoms with Gasteiger partial charge in [-0.05, 0) is 60.1 Å². The van der Waals surface area contributed by atoms with Gasteiger partial charge in [-0.1, -0.05) is 56.8 Å². The molecule has 1 unspecified atom stereocenters. The molecule has 4 aromatic rings. The molecule has 0 radical (unpaired) electrons. The van der Waals surface area contributed by atoms with Gasteiger partial charge in [0.1, 0.15) is 0 Å². The van der Waals surface area contributed by atoms with Crippen molar-refractivity contribution >= 4 is 16.6 Å². The molecule has 0 spiro atoms. The van der Waals surface area contributed by atoms with E-state index in [1.165, 1.54) is 36.7 Å². The van der Waals surface area contributed by atoms with Gasteiger partial charge in [0.05, 0.1) is 24.6 Å². The first kappa shape index (κ1) is 28.6. The second-order valence-electron chi connectivity index (χ2n) is 7.67. The number of fused-ring (bicyclic) bond motifs is 1. The summed E-state index contributed by atoms with van der Waals surface area (Å²) < 4.78 is 54.2. The zero-order chi connectivity index (χ0) is 27.1. The molecule has 0 saturated carbocycles. The highest BCUT2D eigenvalue weighted by Crippen LogP contribution is 2.46. The van der Waals surface area contributed by atoms with Crippen molar-refractivity contribution in [2.24, 2.45) is 0 Å². The van der Waals surface area contributed by atoms with E-state index in [0.717, 1.165) is 11.3 Å². The van der Waals surface area contributed by atoms with Crippen LogP contribution in [0.4, 0.5) is 23.2 Å². The molecule has 192 valence electrons. The number of aliphatic hydroxyl groups is 1. The second kappa shape index (κ2) is 11.9. The fourth-order valence-corrected chi connectivity index (χ4v) is 3.84. The molecule has 0 bridgehead atoms. The number of alkyl halides is 4. The lowest BCUT2D eigenvalue weighted by Crippen LogP contribution is -2.43. The monoisotopic (exact) mass is 501 g/mol. The summed E-state index contributed by atoms with van der Waals surface area (Å²) in [7, 11) is 2.19. The van der Waals surface area contributed by atoms with E-state index >= 15 is 0 Å². The van der Waals surface area contributed by atoms with E-state index < -0.39 is 11.8 Å². The second-order valence-corrected chi connectivity index (χ2v) is 7.67. The van der Waals surface area contributed by atoms with E-state index in [1.807, 2.05) is 44.2 Å². The van der Waals surface area contributed by atoms with Gasteiger partial charge in [0.15, 0.2) is 0 Å². The number of benzene rings is 3. The molecule has 0 aliphatic heterocycles. The van der Waals surface area contributed by atoms with Crippen LogP contribution in [-0.4, -0.2) is 35.3 Å². The molecule has 3 aromatic carbocycles. The Bertz CT molecular complexity index is 1290. The lowest BCUT2D eigenvalue weighted by molar-refractivity contribution is -0.248. The van der Waals surface area contributed by atoms with Crippen molar-refractivity contribution in [2.45, 2.75) is 32.5 Å². The molecular weight excluding hydrogens is 470 g/mol. The van der Waals surface area contributed by atoms with Crippen LogP contribution in [-0.2, 0) is 5.60 Å². The number of hydrogen-bond donors (Lipinski definition) is 1. The Kier molecular flexibility index (Phi) is 9.42. The van der Waals surface area contributed by atoms with E-state index in [0.29, 0.717) is 23.8 Å². The van der Waals surface area contributed by atoms with Gasteiger partial charge in [0, 0.05) is 18.1 Å². The zero-order valence-corrected chi connectivity index (χ0v) is 21.0. The highest BCUT2D eigenvalue weighted by molar-refractivity contribution is 5.81. The van der Waals surface area contributed by atoms with Crippen LogP contribution >= 0.6 is 0 Å². The molecule has 4 nitrogen and oxygen atoms in total. The standard InChI is InChI=1S/C25H22F3N3O.C2H6.CH3F/c1-4-30(3)23-15-20(11-10-17(23)2)24(32,25(26,27)28)19-12-13-22-18(14-19)16-29-31(22)21-8-6-5-7-9-21;2*1-2/h4-16,32H,1H2,2-3H3;1-2H3;1H3. The van der Waals surface area contributed by atoms with Gasteiger partial charge in [0.2, 0.25) is 5.60 Å². The van der Waals surface area contributed by atoms with Gasteiger partial charge in [-0.15, -0.1) is 0 Å². The number of hydrogen-bond acceptors (Lipinski definition) is 3. The minimum Gasteiger partial charge on any atom is -0.372 e. The number of anilines is 1. The number of aromatic nitrogens is 2. The number of nitrogens with zero attached hydrogens (tertiary/aromatic N) is 3. The van der Waals surface area contributed by atoms with Crippen LogP contribution in [0.3, 0.4) is 0 Å². The van der Waals surface area contributed by atoms with Crippen LogP contribution in [0, 0.1) is 6.92 Å². The Balaban J connectivity index is 0.00000109. The topological polar surface area (TPSA) is 41.3 Å². The summed E-state index contributed by atoms with van der Waals surface area (Å²) in [4.78, 5) is 1.61. The third kappa shape index (κ3) is 5.28. The van der Waals surface area contributed by atoms with Crippen molar-refractivity contribution in [1.82, 2.24) is 9.78 Å². The molecular formula is C28H31F4N3O. The highest BCUT2D eigenvalue weighted by atomic mass is 19.4. The van der Waals surface area contributed by atoms with Crippen LogP contribution in [0.15, 0.2) is 85.7 Å². The predicted octanol–water partition coefficient (Wildman–Crippen LogP) is 7.32. The van der Waals surface area contributed by atoms with Crippen molar-refractivity contribution in [3.8, 4) is 5.69 Å². The molecule has 0 aliphatic rings. The molecule has 8 heteroatoms. The van der Waals surface area contributed by atoms with Crippen LogP contribution in [0.2, 0.25) is 0 Å². The first-order valence-corrected chi connectivity index (χ1v) is 11.3. The molecule has 0 fully saturated rings. The molecule has 36 heavy (non-hydrogen) atoms. The summed E-state index contributed by atoms with van der Waals surface area (Å²) in [5.41, 5.74) is -1.02. The Morgan fingerprint density at radius 1 is 0.944 bits per heavy atom. The van der Waals surface area contributed by atoms with Crippen molar-refractivity contribution < 1.29 is 22.7 Å². The molecule has 4 rings (SSSR count).